The van der Waals surface area contributed by atoms with Gasteiger partial charge in [-0.2, -0.15) is 0 Å². The topological polar surface area (TPSA) is 107 Å². The molecule has 0 saturated heterocycles. The molecule has 0 bridgehead atoms. The molecule has 0 spiro atoms. The highest BCUT2D eigenvalue weighted by Gasteiger charge is 2.25. The summed E-state index contributed by atoms with van der Waals surface area (Å²) in [4.78, 5) is 25.0. The second kappa shape index (κ2) is 8.10. The molecule has 0 radical (unpaired) electrons. The highest BCUT2D eigenvalue weighted by atomic mass is 32.1. The minimum atomic E-state index is -0.760. The van der Waals surface area contributed by atoms with Gasteiger partial charge in [-0.1, -0.05) is 0 Å². The lowest BCUT2D eigenvalue weighted by atomic mass is 10.1. The summed E-state index contributed by atoms with van der Waals surface area (Å²) in [5.74, 6) is -0.836. The number of nitrogens with two attached hydrogens (primary N) is 2. The number of amides is 1. The fourth-order valence-electron chi connectivity index (χ4n) is 2.61. The van der Waals surface area contributed by atoms with Gasteiger partial charge in [0.15, 0.2) is 0 Å². The number of anilines is 3. The van der Waals surface area contributed by atoms with Crippen molar-refractivity contribution in [1.29, 1.82) is 0 Å². The molecule has 0 saturated carbocycles. The molecule has 0 aliphatic heterocycles. The standard InChI is InChI=1S/C20H18FN3O3S/c1-2-27-14-9-3-11(4-10-14)17(25)18-16(22)15(19(23)26)20(28-18)24-13-7-5-12(21)6-8-13/h3-10,24H,2,22H2,1H3,(H2,23,26). The molecule has 0 aliphatic rings. The molecule has 3 rings (SSSR count). The first kappa shape index (κ1) is 19.4. The minimum absolute atomic E-state index is 0.0148. The van der Waals surface area contributed by atoms with E-state index in [2.05, 4.69) is 5.32 Å². The molecule has 0 aliphatic carbocycles. The summed E-state index contributed by atoms with van der Waals surface area (Å²) in [5.41, 5.74) is 12.5. The number of thiophene rings is 1. The van der Waals surface area contributed by atoms with E-state index in [0.29, 0.717) is 28.6 Å². The highest BCUT2D eigenvalue weighted by molar-refractivity contribution is 7.19. The van der Waals surface area contributed by atoms with Crippen LogP contribution >= 0.6 is 11.3 Å². The van der Waals surface area contributed by atoms with Gasteiger partial charge in [0.2, 0.25) is 5.78 Å². The van der Waals surface area contributed by atoms with Gasteiger partial charge in [0, 0.05) is 11.3 Å². The molecule has 0 unspecified atom stereocenters. The molecule has 3 aromatic rings. The van der Waals surface area contributed by atoms with Gasteiger partial charge in [-0.25, -0.2) is 4.39 Å². The van der Waals surface area contributed by atoms with Crippen LogP contribution in [0.15, 0.2) is 48.5 Å². The molecule has 0 atom stereocenters. The van der Waals surface area contributed by atoms with E-state index in [9.17, 15) is 14.0 Å². The average Bonchev–Trinajstić information content (AvgIpc) is 3.00. The lowest BCUT2D eigenvalue weighted by Gasteiger charge is -2.05. The molecule has 0 fully saturated rings. The van der Waals surface area contributed by atoms with Gasteiger partial charge in [-0.05, 0) is 55.5 Å². The summed E-state index contributed by atoms with van der Waals surface area (Å²) in [6.07, 6.45) is 0. The van der Waals surface area contributed by atoms with E-state index >= 15 is 0 Å². The maximum Gasteiger partial charge on any atom is 0.253 e. The van der Waals surface area contributed by atoms with Crippen LogP contribution in [0.2, 0.25) is 0 Å². The summed E-state index contributed by atoms with van der Waals surface area (Å²) in [6, 6.07) is 12.2. The zero-order chi connectivity index (χ0) is 20.3. The molecule has 1 heterocycles. The van der Waals surface area contributed by atoms with Crippen molar-refractivity contribution in [3.8, 4) is 5.75 Å². The molecule has 144 valence electrons. The lowest BCUT2D eigenvalue weighted by molar-refractivity contribution is 0.100. The van der Waals surface area contributed by atoms with Crippen LogP contribution in [0, 0.1) is 5.82 Å². The van der Waals surface area contributed by atoms with Crippen molar-refractivity contribution in [3.63, 3.8) is 0 Å². The molecular formula is C20H18FN3O3S. The first-order chi connectivity index (χ1) is 13.4. The Kier molecular flexibility index (Phi) is 5.60. The zero-order valence-electron chi connectivity index (χ0n) is 15.0. The van der Waals surface area contributed by atoms with Gasteiger partial charge in [-0.15, -0.1) is 11.3 Å². The molecule has 1 aromatic heterocycles. The van der Waals surface area contributed by atoms with Crippen LogP contribution in [0.1, 0.15) is 32.5 Å². The molecule has 1 amide bonds. The van der Waals surface area contributed by atoms with Crippen LogP contribution in [-0.2, 0) is 0 Å². The first-order valence-electron chi connectivity index (χ1n) is 8.43. The fraction of sp³-hybridized carbons (Fsp3) is 0.100. The SMILES string of the molecule is CCOc1ccc(C(=O)c2sc(Nc3ccc(F)cc3)c(C(N)=O)c2N)cc1. The van der Waals surface area contributed by atoms with Crippen molar-refractivity contribution in [2.75, 3.05) is 17.7 Å². The number of nitrogen functional groups attached to an aromatic ring is 1. The van der Waals surface area contributed by atoms with E-state index in [4.69, 9.17) is 16.2 Å². The minimum Gasteiger partial charge on any atom is -0.494 e. The normalized spacial score (nSPS) is 10.5. The van der Waals surface area contributed by atoms with Crippen molar-refractivity contribution < 1.29 is 18.7 Å². The Morgan fingerprint density at radius 2 is 1.75 bits per heavy atom. The van der Waals surface area contributed by atoms with Gasteiger partial charge in [0.1, 0.15) is 21.4 Å². The number of carbonyl (C=O) groups excluding carboxylic acids is 2. The number of hydrogen-bond acceptors (Lipinski definition) is 6. The number of halogens is 1. The predicted molar refractivity (Wildman–Crippen MR) is 108 cm³/mol. The third kappa shape index (κ3) is 3.96. The van der Waals surface area contributed by atoms with E-state index in [0.717, 1.165) is 11.3 Å². The van der Waals surface area contributed by atoms with Gasteiger partial charge in [0.25, 0.3) is 5.91 Å². The van der Waals surface area contributed by atoms with Crippen LogP contribution in [0.5, 0.6) is 5.75 Å². The smallest absolute Gasteiger partial charge is 0.253 e. The summed E-state index contributed by atoms with van der Waals surface area (Å²) < 4.78 is 18.5. The lowest BCUT2D eigenvalue weighted by Crippen LogP contribution is -2.14. The van der Waals surface area contributed by atoms with Crippen molar-refractivity contribution in [2.24, 2.45) is 5.73 Å². The Labute approximate surface area is 164 Å². The summed E-state index contributed by atoms with van der Waals surface area (Å²) in [7, 11) is 0. The van der Waals surface area contributed by atoms with E-state index in [1.54, 1.807) is 24.3 Å². The van der Waals surface area contributed by atoms with Crippen molar-refractivity contribution in [2.45, 2.75) is 6.92 Å². The third-order valence-corrected chi connectivity index (χ3v) is 5.05. The number of nitrogens with one attached hydrogen (secondary N) is 1. The second-order valence-corrected chi connectivity index (χ2v) is 6.85. The Morgan fingerprint density at radius 3 is 2.32 bits per heavy atom. The molecule has 28 heavy (non-hydrogen) atoms. The Hall–Kier alpha value is -3.39. The van der Waals surface area contributed by atoms with Crippen LogP contribution in [0.4, 0.5) is 20.8 Å². The summed E-state index contributed by atoms with van der Waals surface area (Å²) >= 11 is 1.02. The largest absolute Gasteiger partial charge is 0.494 e. The molecule has 5 N–H and O–H groups in total. The quantitative estimate of drug-likeness (QED) is 0.522. The van der Waals surface area contributed by atoms with Gasteiger partial charge >= 0.3 is 0 Å². The van der Waals surface area contributed by atoms with E-state index in [1.165, 1.54) is 24.3 Å². The van der Waals surface area contributed by atoms with Crippen LogP contribution in [0.3, 0.4) is 0 Å². The van der Waals surface area contributed by atoms with E-state index in [1.807, 2.05) is 6.92 Å². The second-order valence-electron chi connectivity index (χ2n) is 5.83. The van der Waals surface area contributed by atoms with Crippen molar-refractivity contribution in [3.05, 3.63) is 70.4 Å². The van der Waals surface area contributed by atoms with E-state index < -0.39 is 11.7 Å². The molecular weight excluding hydrogens is 381 g/mol. The van der Waals surface area contributed by atoms with E-state index in [-0.39, 0.29) is 21.9 Å². The number of ketones is 1. The number of ether oxygens (including phenoxy) is 1. The molecule has 6 nitrogen and oxygen atoms in total. The number of hydrogen-bond donors (Lipinski definition) is 3. The van der Waals surface area contributed by atoms with Gasteiger partial charge in [0.05, 0.1) is 17.9 Å². The van der Waals surface area contributed by atoms with Crippen molar-refractivity contribution >= 4 is 39.4 Å². The summed E-state index contributed by atoms with van der Waals surface area (Å²) in [6.45, 7) is 2.39. The number of primary amides is 1. The number of benzene rings is 2. The van der Waals surface area contributed by atoms with Gasteiger partial charge < -0.3 is 21.5 Å². The van der Waals surface area contributed by atoms with Gasteiger partial charge in [-0.3, -0.25) is 9.59 Å². The number of carbonyl (C=O) groups is 2. The first-order valence-corrected chi connectivity index (χ1v) is 9.24. The fourth-order valence-corrected chi connectivity index (χ4v) is 3.72. The Bertz CT molecular complexity index is 1010. The van der Waals surface area contributed by atoms with Crippen LogP contribution in [0.25, 0.3) is 0 Å². The summed E-state index contributed by atoms with van der Waals surface area (Å²) in [5, 5.41) is 3.30. The Balaban J connectivity index is 1.95. The third-order valence-electron chi connectivity index (χ3n) is 3.93. The Morgan fingerprint density at radius 1 is 1.11 bits per heavy atom. The maximum absolute atomic E-state index is 13.1. The number of rotatable bonds is 7. The molecule has 2 aromatic carbocycles. The monoisotopic (exact) mass is 399 g/mol. The highest BCUT2D eigenvalue weighted by Crippen LogP contribution is 2.38. The maximum atomic E-state index is 13.1. The van der Waals surface area contributed by atoms with Crippen molar-refractivity contribution in [1.82, 2.24) is 0 Å². The van der Waals surface area contributed by atoms with Crippen LogP contribution < -0.4 is 21.5 Å². The predicted octanol–water partition coefficient (Wildman–Crippen LogP) is 3.94. The average molecular weight is 399 g/mol. The molecule has 8 heteroatoms. The zero-order valence-corrected chi connectivity index (χ0v) is 15.8. The van der Waals surface area contributed by atoms with Crippen LogP contribution in [-0.4, -0.2) is 18.3 Å².